The van der Waals surface area contributed by atoms with E-state index in [1.165, 1.54) is 25.9 Å². The Morgan fingerprint density at radius 2 is 1.65 bits per heavy atom. The maximum atomic E-state index is 12.2. The summed E-state index contributed by atoms with van der Waals surface area (Å²) in [5.41, 5.74) is -0.340. The number of aliphatic hydroxyl groups excluding tert-OH is 1. The van der Waals surface area contributed by atoms with Gasteiger partial charge in [0.2, 0.25) is 5.91 Å². The average molecular weight is 366 g/mol. The SMILES string of the molecule is CC(=O)N1CC2(CCN(C3CCN(C(C)C)CC3)CC2)CC(O)C1(C)C. The third kappa shape index (κ3) is 3.81. The summed E-state index contributed by atoms with van der Waals surface area (Å²) in [4.78, 5) is 19.4. The molecule has 1 unspecified atom stereocenters. The van der Waals surface area contributed by atoms with E-state index >= 15 is 0 Å². The lowest BCUT2D eigenvalue weighted by atomic mass is 9.67. The minimum atomic E-state index is -0.447. The van der Waals surface area contributed by atoms with Crippen molar-refractivity contribution in [3.63, 3.8) is 0 Å². The number of nitrogens with zero attached hydrogens (tertiary/aromatic N) is 3. The molecule has 1 spiro atoms. The Hall–Kier alpha value is -0.650. The molecule has 0 radical (unpaired) electrons. The molecule has 3 heterocycles. The highest BCUT2D eigenvalue weighted by atomic mass is 16.3. The number of rotatable bonds is 2. The van der Waals surface area contributed by atoms with Gasteiger partial charge in [-0.05, 0) is 91.4 Å². The van der Waals surface area contributed by atoms with E-state index in [1.807, 2.05) is 18.7 Å². The predicted octanol–water partition coefficient (Wildman–Crippen LogP) is 2.33. The molecular formula is C21H39N3O2. The number of amides is 1. The maximum Gasteiger partial charge on any atom is 0.219 e. The first-order valence-corrected chi connectivity index (χ1v) is 10.6. The summed E-state index contributed by atoms with van der Waals surface area (Å²) < 4.78 is 0. The Bertz CT molecular complexity index is 503. The lowest BCUT2D eigenvalue weighted by molar-refractivity contribution is -0.157. The molecule has 5 nitrogen and oxygen atoms in total. The molecule has 150 valence electrons. The lowest BCUT2D eigenvalue weighted by Gasteiger charge is -2.56. The number of likely N-dealkylation sites (tertiary alicyclic amines) is 3. The van der Waals surface area contributed by atoms with E-state index in [4.69, 9.17) is 0 Å². The molecule has 0 aromatic carbocycles. The van der Waals surface area contributed by atoms with E-state index < -0.39 is 11.6 Å². The van der Waals surface area contributed by atoms with Crippen molar-refractivity contribution in [1.82, 2.24) is 14.7 Å². The monoisotopic (exact) mass is 365 g/mol. The van der Waals surface area contributed by atoms with Gasteiger partial charge in [0.1, 0.15) is 0 Å². The normalized spacial score (nSPS) is 30.9. The fourth-order valence-electron chi connectivity index (χ4n) is 5.45. The highest BCUT2D eigenvalue weighted by molar-refractivity contribution is 5.74. The van der Waals surface area contributed by atoms with Crippen molar-refractivity contribution in [2.75, 3.05) is 32.7 Å². The number of hydrogen-bond donors (Lipinski definition) is 1. The third-order valence-corrected chi connectivity index (χ3v) is 7.62. The molecule has 3 saturated heterocycles. The summed E-state index contributed by atoms with van der Waals surface area (Å²) >= 11 is 0. The Kier molecular flexibility index (Phi) is 5.72. The topological polar surface area (TPSA) is 47.0 Å². The van der Waals surface area contributed by atoms with Crippen LogP contribution in [0.1, 0.15) is 66.7 Å². The van der Waals surface area contributed by atoms with Crippen LogP contribution in [0.3, 0.4) is 0 Å². The molecule has 0 aromatic rings. The van der Waals surface area contributed by atoms with E-state index in [-0.39, 0.29) is 11.3 Å². The van der Waals surface area contributed by atoms with Crippen LogP contribution >= 0.6 is 0 Å². The van der Waals surface area contributed by atoms with E-state index in [0.29, 0.717) is 6.04 Å². The first-order valence-electron chi connectivity index (χ1n) is 10.6. The lowest BCUT2D eigenvalue weighted by Crippen LogP contribution is -2.65. The molecule has 3 rings (SSSR count). The quantitative estimate of drug-likeness (QED) is 0.816. The summed E-state index contributed by atoms with van der Waals surface area (Å²) in [5.74, 6) is 0.0941. The number of carbonyl (C=O) groups is 1. The Morgan fingerprint density at radius 1 is 1.08 bits per heavy atom. The number of aliphatic hydroxyl groups is 1. The predicted molar refractivity (Wildman–Crippen MR) is 105 cm³/mol. The molecule has 1 amide bonds. The molecule has 0 aliphatic carbocycles. The van der Waals surface area contributed by atoms with E-state index in [2.05, 4.69) is 23.6 Å². The Morgan fingerprint density at radius 3 is 2.15 bits per heavy atom. The van der Waals surface area contributed by atoms with Crippen LogP contribution in [0.5, 0.6) is 0 Å². The fourth-order valence-corrected chi connectivity index (χ4v) is 5.45. The minimum Gasteiger partial charge on any atom is -0.391 e. The van der Waals surface area contributed by atoms with Gasteiger partial charge >= 0.3 is 0 Å². The Labute approximate surface area is 159 Å². The molecular weight excluding hydrogens is 326 g/mol. The van der Waals surface area contributed by atoms with E-state index in [0.717, 1.165) is 44.9 Å². The van der Waals surface area contributed by atoms with Crippen LogP contribution in [-0.2, 0) is 4.79 Å². The van der Waals surface area contributed by atoms with Crippen molar-refractivity contribution in [3.05, 3.63) is 0 Å². The molecule has 5 heteroatoms. The minimum absolute atomic E-state index is 0.0941. The molecule has 1 atom stereocenters. The second-order valence-electron chi connectivity index (χ2n) is 9.88. The van der Waals surface area contributed by atoms with Gasteiger partial charge in [0.15, 0.2) is 0 Å². The largest absolute Gasteiger partial charge is 0.391 e. The standard InChI is InChI=1S/C21H39N3O2/c1-16(2)22-10-6-18(7-11-22)23-12-8-21(9-13-23)14-19(26)20(4,5)24(15-21)17(3)25/h16,18-19,26H,6-15H2,1-5H3. The molecule has 0 bridgehead atoms. The first kappa shape index (κ1) is 20.1. The van der Waals surface area contributed by atoms with Crippen LogP contribution in [0.2, 0.25) is 0 Å². The van der Waals surface area contributed by atoms with Crippen LogP contribution in [0.25, 0.3) is 0 Å². The summed E-state index contributed by atoms with van der Waals surface area (Å²) in [6.07, 6.45) is 5.17. The summed E-state index contributed by atoms with van der Waals surface area (Å²) in [6.45, 7) is 15.7. The van der Waals surface area contributed by atoms with E-state index in [1.54, 1.807) is 6.92 Å². The summed E-state index contributed by atoms with van der Waals surface area (Å²) in [5, 5.41) is 10.8. The van der Waals surface area contributed by atoms with Crippen LogP contribution < -0.4 is 0 Å². The molecule has 3 aliphatic rings. The second-order valence-corrected chi connectivity index (χ2v) is 9.88. The molecule has 3 fully saturated rings. The maximum absolute atomic E-state index is 12.2. The van der Waals surface area contributed by atoms with Gasteiger partial charge in [-0.1, -0.05) is 0 Å². The van der Waals surface area contributed by atoms with Gasteiger partial charge < -0.3 is 19.8 Å². The van der Waals surface area contributed by atoms with Crippen LogP contribution in [0.15, 0.2) is 0 Å². The zero-order valence-corrected chi connectivity index (χ0v) is 17.5. The average Bonchev–Trinajstić information content (AvgIpc) is 2.59. The van der Waals surface area contributed by atoms with Gasteiger partial charge in [0, 0.05) is 25.6 Å². The highest BCUT2D eigenvalue weighted by Crippen LogP contribution is 2.45. The van der Waals surface area contributed by atoms with Crippen molar-refractivity contribution >= 4 is 5.91 Å². The molecule has 1 N–H and O–H groups in total. The van der Waals surface area contributed by atoms with Gasteiger partial charge in [-0.25, -0.2) is 0 Å². The zero-order chi connectivity index (χ0) is 19.1. The van der Waals surface area contributed by atoms with Crippen molar-refractivity contribution in [2.24, 2.45) is 5.41 Å². The van der Waals surface area contributed by atoms with Gasteiger partial charge in [0.05, 0.1) is 11.6 Å². The molecule has 0 aromatic heterocycles. The van der Waals surface area contributed by atoms with Gasteiger partial charge in [-0.15, -0.1) is 0 Å². The number of carbonyl (C=O) groups excluding carboxylic acids is 1. The van der Waals surface area contributed by atoms with Crippen LogP contribution in [0, 0.1) is 5.41 Å². The van der Waals surface area contributed by atoms with Gasteiger partial charge in [-0.2, -0.15) is 0 Å². The number of hydrogen-bond acceptors (Lipinski definition) is 4. The highest BCUT2D eigenvalue weighted by Gasteiger charge is 2.50. The smallest absolute Gasteiger partial charge is 0.219 e. The molecule has 26 heavy (non-hydrogen) atoms. The summed E-state index contributed by atoms with van der Waals surface area (Å²) in [7, 11) is 0. The second kappa shape index (κ2) is 7.40. The first-order chi connectivity index (χ1) is 12.1. The Balaban J connectivity index is 1.59. The summed E-state index contributed by atoms with van der Waals surface area (Å²) in [6, 6.07) is 1.38. The van der Waals surface area contributed by atoms with Crippen molar-refractivity contribution in [2.45, 2.75) is 90.4 Å². The van der Waals surface area contributed by atoms with Crippen molar-refractivity contribution in [1.29, 1.82) is 0 Å². The van der Waals surface area contributed by atoms with Crippen molar-refractivity contribution < 1.29 is 9.90 Å². The number of piperidine rings is 3. The fraction of sp³-hybridized carbons (Fsp3) is 0.952. The van der Waals surface area contributed by atoms with Gasteiger partial charge in [-0.3, -0.25) is 4.79 Å². The van der Waals surface area contributed by atoms with Crippen molar-refractivity contribution in [3.8, 4) is 0 Å². The van der Waals surface area contributed by atoms with E-state index in [9.17, 15) is 9.90 Å². The molecule has 0 saturated carbocycles. The van der Waals surface area contributed by atoms with Gasteiger partial charge in [0.25, 0.3) is 0 Å². The third-order valence-electron chi connectivity index (χ3n) is 7.62. The molecule has 3 aliphatic heterocycles. The van der Waals surface area contributed by atoms with Crippen LogP contribution in [0.4, 0.5) is 0 Å². The van der Waals surface area contributed by atoms with Crippen LogP contribution in [-0.4, -0.2) is 82.2 Å². The zero-order valence-electron chi connectivity index (χ0n) is 17.5.